The van der Waals surface area contributed by atoms with Gasteiger partial charge in [0.2, 0.25) is 0 Å². The van der Waals surface area contributed by atoms with Crippen molar-refractivity contribution in [3.05, 3.63) is 22.2 Å². The van der Waals surface area contributed by atoms with E-state index < -0.39 is 46.7 Å². The number of epoxide rings is 1. The summed E-state index contributed by atoms with van der Waals surface area (Å²) in [5, 5.41) is 31.4. The summed E-state index contributed by atoms with van der Waals surface area (Å²) in [6.07, 6.45) is 0.617. The van der Waals surface area contributed by atoms with Crippen molar-refractivity contribution in [2.24, 2.45) is 22.7 Å². The van der Waals surface area contributed by atoms with Gasteiger partial charge >= 0.3 is 0 Å². The number of fused-ring (bicyclic) bond motifs is 3. The minimum absolute atomic E-state index is 0.104. The molecule has 4 aliphatic carbocycles. The standard InChI is InChI=1S/C21H24BrFO6/c1-18-7-17-21(29-17)10(9(18)5-15(26)20(18,28)16(27)8-24)3-13(23)11-4-14(25)12(22)6-19(11,21)2/h4,6,9-10,13,15,17,24,26,28H,3,5,7-8H2,1-2H3/t9-,10-,13+,15+,17-,18-,19-,20-,21+/m0/s1. The summed E-state index contributed by atoms with van der Waals surface area (Å²) in [4.78, 5) is 24.6. The molecule has 0 aromatic carbocycles. The molecule has 9 atom stereocenters. The highest BCUT2D eigenvalue weighted by Crippen LogP contribution is 2.76. The van der Waals surface area contributed by atoms with Crippen LogP contribution in [0.15, 0.2) is 22.2 Å². The second-order valence-electron chi connectivity index (χ2n) is 9.70. The number of rotatable bonds is 2. The summed E-state index contributed by atoms with van der Waals surface area (Å²) in [5.41, 5.74) is -4.29. The molecule has 8 heteroatoms. The summed E-state index contributed by atoms with van der Waals surface area (Å²) in [7, 11) is 0. The minimum atomic E-state index is -2.09. The van der Waals surface area contributed by atoms with Crippen molar-refractivity contribution in [1.29, 1.82) is 0 Å². The fourth-order valence-electron chi connectivity index (χ4n) is 7.33. The molecule has 1 heterocycles. The van der Waals surface area contributed by atoms with Crippen molar-refractivity contribution in [3.8, 4) is 0 Å². The Morgan fingerprint density at radius 1 is 1.34 bits per heavy atom. The smallest absolute Gasteiger partial charge is 0.192 e. The van der Waals surface area contributed by atoms with E-state index in [4.69, 9.17) is 4.74 Å². The van der Waals surface area contributed by atoms with Crippen LogP contribution in [0.4, 0.5) is 4.39 Å². The second kappa shape index (κ2) is 5.65. The fourth-order valence-corrected chi connectivity index (χ4v) is 7.91. The Morgan fingerprint density at radius 2 is 2.03 bits per heavy atom. The van der Waals surface area contributed by atoms with Crippen molar-refractivity contribution >= 4 is 27.5 Å². The highest BCUT2D eigenvalue weighted by molar-refractivity contribution is 9.12. The maximum absolute atomic E-state index is 15.4. The van der Waals surface area contributed by atoms with Gasteiger partial charge < -0.3 is 20.1 Å². The first-order valence-corrected chi connectivity index (χ1v) is 10.8. The van der Waals surface area contributed by atoms with Crippen LogP contribution in [0.3, 0.4) is 0 Å². The Morgan fingerprint density at radius 3 is 2.69 bits per heavy atom. The molecule has 1 saturated heterocycles. The van der Waals surface area contributed by atoms with E-state index in [0.717, 1.165) is 0 Å². The zero-order valence-corrected chi connectivity index (χ0v) is 17.8. The Labute approximate surface area is 175 Å². The summed E-state index contributed by atoms with van der Waals surface area (Å²) in [6, 6.07) is 0. The van der Waals surface area contributed by atoms with Gasteiger partial charge in [0.25, 0.3) is 0 Å². The summed E-state index contributed by atoms with van der Waals surface area (Å²) in [5.74, 6) is -1.79. The van der Waals surface area contributed by atoms with Crippen molar-refractivity contribution in [1.82, 2.24) is 0 Å². The Kier molecular flexibility index (Phi) is 3.90. The van der Waals surface area contributed by atoms with E-state index in [9.17, 15) is 24.9 Å². The Bertz CT molecular complexity index is 902. The first-order chi connectivity index (χ1) is 13.5. The topological polar surface area (TPSA) is 107 Å². The number of carbonyl (C=O) groups excluding carboxylic acids is 2. The molecule has 4 fully saturated rings. The Hall–Kier alpha value is -0.930. The van der Waals surface area contributed by atoms with Crippen LogP contribution in [0.1, 0.15) is 33.1 Å². The van der Waals surface area contributed by atoms with Gasteiger partial charge in [0.15, 0.2) is 17.2 Å². The van der Waals surface area contributed by atoms with Gasteiger partial charge in [-0.05, 0) is 65.6 Å². The molecule has 0 aromatic heterocycles. The lowest BCUT2D eigenvalue weighted by molar-refractivity contribution is -0.174. The van der Waals surface area contributed by atoms with Gasteiger partial charge in [0.05, 0.1) is 16.7 Å². The van der Waals surface area contributed by atoms with E-state index in [1.54, 1.807) is 13.0 Å². The van der Waals surface area contributed by atoms with Gasteiger partial charge in [-0.3, -0.25) is 9.59 Å². The minimum Gasteiger partial charge on any atom is -0.390 e. The molecule has 158 valence electrons. The number of aliphatic hydroxyl groups is 3. The molecule has 0 amide bonds. The van der Waals surface area contributed by atoms with Crippen LogP contribution in [-0.2, 0) is 14.3 Å². The molecule has 5 aliphatic rings. The summed E-state index contributed by atoms with van der Waals surface area (Å²) < 4.78 is 22.0. The predicted octanol–water partition coefficient (Wildman–Crippen LogP) is 1.36. The van der Waals surface area contributed by atoms with Crippen molar-refractivity contribution in [2.75, 3.05) is 6.61 Å². The number of allylic oxidation sites excluding steroid dienone is 2. The molecule has 3 N–H and O–H groups in total. The highest BCUT2D eigenvalue weighted by atomic mass is 79.9. The van der Waals surface area contributed by atoms with Crippen LogP contribution in [0.5, 0.6) is 0 Å². The van der Waals surface area contributed by atoms with Gasteiger partial charge in [0, 0.05) is 10.8 Å². The van der Waals surface area contributed by atoms with Gasteiger partial charge in [-0.25, -0.2) is 4.39 Å². The van der Waals surface area contributed by atoms with Crippen LogP contribution in [0.2, 0.25) is 0 Å². The SMILES string of the molecule is C[C@]12C=C(Br)C(=O)C=C1[C@H](F)C[C@H]1[C@@H]3C[C@@H](O)[C@](O)(C(=O)CO)[C@@]3(C)C[C@@H]3O[C@@]312. The maximum Gasteiger partial charge on any atom is 0.192 e. The van der Waals surface area contributed by atoms with Gasteiger partial charge in [0.1, 0.15) is 18.4 Å². The summed E-state index contributed by atoms with van der Waals surface area (Å²) >= 11 is 3.29. The van der Waals surface area contributed by atoms with Gasteiger partial charge in [-0.2, -0.15) is 0 Å². The highest BCUT2D eigenvalue weighted by Gasteiger charge is 2.83. The normalized spacial score (nSPS) is 55.1. The van der Waals surface area contributed by atoms with E-state index in [2.05, 4.69) is 15.9 Å². The summed E-state index contributed by atoms with van der Waals surface area (Å²) in [6.45, 7) is 2.75. The number of Topliss-reactive ketones (excluding diaryl/α,β-unsaturated/α-hetero) is 1. The van der Waals surface area contributed by atoms with E-state index >= 15 is 4.39 Å². The number of hydrogen-bond acceptors (Lipinski definition) is 6. The first kappa shape index (κ1) is 20.0. The monoisotopic (exact) mass is 470 g/mol. The third-order valence-electron chi connectivity index (χ3n) is 8.77. The lowest BCUT2D eigenvalue weighted by Crippen LogP contribution is -2.64. The quantitative estimate of drug-likeness (QED) is 0.526. The number of ether oxygens (including phenoxy) is 1. The Balaban J connectivity index is 1.64. The van der Waals surface area contributed by atoms with Crippen molar-refractivity contribution in [2.45, 2.75) is 62.7 Å². The number of halogens is 2. The molecule has 0 aromatic rings. The molecule has 1 spiro atoms. The van der Waals surface area contributed by atoms with Gasteiger partial charge in [-0.1, -0.05) is 13.0 Å². The third-order valence-corrected chi connectivity index (χ3v) is 9.39. The molecule has 6 nitrogen and oxygen atoms in total. The lowest BCUT2D eigenvalue weighted by Gasteiger charge is -2.56. The zero-order valence-electron chi connectivity index (χ0n) is 16.2. The predicted molar refractivity (Wildman–Crippen MR) is 103 cm³/mol. The first-order valence-electron chi connectivity index (χ1n) is 9.98. The van der Waals surface area contributed by atoms with E-state index in [1.165, 1.54) is 6.08 Å². The molecular formula is C21H24BrFO6. The fraction of sp³-hybridized carbons (Fsp3) is 0.714. The van der Waals surface area contributed by atoms with Crippen molar-refractivity contribution < 1.29 is 34.0 Å². The third kappa shape index (κ3) is 2.01. The van der Waals surface area contributed by atoms with E-state index in [0.29, 0.717) is 16.5 Å². The van der Waals surface area contributed by atoms with Gasteiger partial charge in [-0.15, -0.1) is 0 Å². The average molecular weight is 471 g/mol. The molecule has 0 radical (unpaired) electrons. The second-order valence-corrected chi connectivity index (χ2v) is 10.5. The molecule has 1 aliphatic heterocycles. The molecular weight excluding hydrogens is 447 g/mol. The van der Waals surface area contributed by atoms with Crippen LogP contribution in [-0.4, -0.2) is 63.1 Å². The number of alkyl halides is 1. The van der Waals surface area contributed by atoms with Crippen LogP contribution in [0, 0.1) is 22.7 Å². The lowest BCUT2D eigenvalue weighted by atomic mass is 9.46. The molecule has 0 unspecified atom stereocenters. The van der Waals surface area contributed by atoms with Crippen molar-refractivity contribution in [3.63, 3.8) is 0 Å². The molecule has 29 heavy (non-hydrogen) atoms. The van der Waals surface area contributed by atoms with E-state index in [-0.39, 0.29) is 36.6 Å². The molecule has 0 bridgehead atoms. The zero-order chi connectivity index (χ0) is 21.1. The number of carbonyl (C=O) groups is 2. The largest absolute Gasteiger partial charge is 0.390 e. The number of aliphatic hydroxyl groups excluding tert-OH is 2. The number of hydrogen-bond donors (Lipinski definition) is 3. The van der Waals surface area contributed by atoms with Crippen LogP contribution < -0.4 is 0 Å². The molecule has 3 saturated carbocycles. The van der Waals surface area contributed by atoms with Crippen LogP contribution >= 0.6 is 15.9 Å². The average Bonchev–Trinajstić information content (AvgIpc) is 3.35. The van der Waals surface area contributed by atoms with Crippen LogP contribution in [0.25, 0.3) is 0 Å². The molecule has 5 rings (SSSR count). The number of ketones is 2. The van der Waals surface area contributed by atoms with E-state index in [1.807, 2.05) is 6.92 Å². The maximum atomic E-state index is 15.4.